The molecule has 21 heavy (non-hydrogen) atoms. The molecule has 0 bridgehead atoms. The highest BCUT2D eigenvalue weighted by atomic mass is 16.6. The Morgan fingerprint density at radius 2 is 2.10 bits per heavy atom. The average Bonchev–Trinajstić information content (AvgIpc) is 2.90. The monoisotopic (exact) mass is 287 g/mol. The lowest BCUT2D eigenvalue weighted by atomic mass is 10.0. The van der Waals surface area contributed by atoms with Crippen LogP contribution in [0.15, 0.2) is 24.5 Å². The van der Waals surface area contributed by atoms with E-state index >= 15 is 0 Å². The number of carboxylic acid groups (broad SMARTS) is 1. The molecule has 0 amide bonds. The third kappa shape index (κ3) is 2.26. The van der Waals surface area contributed by atoms with Gasteiger partial charge in [-0.05, 0) is 37.8 Å². The highest BCUT2D eigenvalue weighted by Gasteiger charge is 2.23. The fourth-order valence-corrected chi connectivity index (χ4v) is 2.68. The van der Waals surface area contributed by atoms with Crippen molar-refractivity contribution in [2.45, 2.75) is 25.7 Å². The van der Waals surface area contributed by atoms with Gasteiger partial charge in [0.25, 0.3) is 5.69 Å². The molecule has 1 aliphatic rings. The number of nitro groups is 1. The number of hydrogen-bond acceptors (Lipinski definition) is 4. The minimum Gasteiger partial charge on any atom is -0.478 e. The number of aromatic carboxylic acids is 1. The maximum atomic E-state index is 11.2. The number of hydrogen-bond donors (Lipinski definition) is 1. The molecule has 1 aliphatic carbocycles. The summed E-state index contributed by atoms with van der Waals surface area (Å²) in [5, 5.41) is 20.3. The van der Waals surface area contributed by atoms with Crippen molar-refractivity contribution >= 4 is 11.7 Å². The third-order valence-corrected chi connectivity index (χ3v) is 3.71. The topological polar surface area (TPSA) is 98.3 Å². The van der Waals surface area contributed by atoms with E-state index < -0.39 is 10.9 Å². The molecule has 108 valence electrons. The number of fused-ring (bicyclic) bond motifs is 1. The second-order valence-electron chi connectivity index (χ2n) is 4.98. The van der Waals surface area contributed by atoms with Crippen molar-refractivity contribution in [1.29, 1.82) is 0 Å². The summed E-state index contributed by atoms with van der Waals surface area (Å²) in [5.74, 6) is -1.11. The molecule has 0 unspecified atom stereocenters. The lowest BCUT2D eigenvalue weighted by Gasteiger charge is -2.14. The molecule has 1 heterocycles. The summed E-state index contributed by atoms with van der Waals surface area (Å²) in [6.45, 7) is 0. The second kappa shape index (κ2) is 5.01. The average molecular weight is 287 g/mol. The first kappa shape index (κ1) is 13.3. The van der Waals surface area contributed by atoms with E-state index in [0.29, 0.717) is 0 Å². The Balaban J connectivity index is 2.20. The van der Waals surface area contributed by atoms with Gasteiger partial charge < -0.3 is 5.11 Å². The zero-order valence-electron chi connectivity index (χ0n) is 11.2. The lowest BCUT2D eigenvalue weighted by molar-refractivity contribution is -0.384. The molecule has 1 aromatic heterocycles. The van der Waals surface area contributed by atoms with Crippen LogP contribution in [-0.4, -0.2) is 25.6 Å². The number of rotatable bonds is 3. The Labute approximate surface area is 120 Å². The molecule has 7 heteroatoms. The molecule has 0 saturated carbocycles. The van der Waals surface area contributed by atoms with Gasteiger partial charge in [0.15, 0.2) is 0 Å². The van der Waals surface area contributed by atoms with Gasteiger partial charge in [-0.3, -0.25) is 14.7 Å². The van der Waals surface area contributed by atoms with Gasteiger partial charge in [0.05, 0.1) is 22.5 Å². The number of carbonyl (C=O) groups is 1. The van der Waals surface area contributed by atoms with Gasteiger partial charge in [-0.2, -0.15) is 0 Å². The molecule has 0 aliphatic heterocycles. The quantitative estimate of drug-likeness (QED) is 0.690. The molecule has 3 rings (SSSR count). The number of benzene rings is 1. The fourth-order valence-electron chi connectivity index (χ4n) is 2.68. The Kier molecular flexibility index (Phi) is 3.17. The van der Waals surface area contributed by atoms with Crippen LogP contribution < -0.4 is 0 Å². The van der Waals surface area contributed by atoms with Crippen molar-refractivity contribution in [2.75, 3.05) is 0 Å². The van der Waals surface area contributed by atoms with Crippen molar-refractivity contribution in [3.63, 3.8) is 0 Å². The number of carboxylic acids is 1. The molecule has 1 N–H and O–H groups in total. The Morgan fingerprint density at radius 3 is 2.81 bits per heavy atom. The van der Waals surface area contributed by atoms with E-state index in [1.165, 1.54) is 18.2 Å². The molecule has 1 aromatic carbocycles. The normalized spacial score (nSPS) is 13.7. The van der Waals surface area contributed by atoms with E-state index in [4.69, 9.17) is 5.11 Å². The number of nitro benzene ring substituents is 1. The molecule has 2 aromatic rings. The number of nitrogens with zero attached hydrogens (tertiary/aromatic N) is 3. The van der Waals surface area contributed by atoms with Crippen molar-refractivity contribution in [3.05, 3.63) is 51.6 Å². The zero-order chi connectivity index (χ0) is 15.0. The van der Waals surface area contributed by atoms with E-state index in [1.807, 2.05) is 0 Å². The molecular formula is C14H13N3O4. The van der Waals surface area contributed by atoms with Crippen LogP contribution in [0.25, 0.3) is 5.69 Å². The van der Waals surface area contributed by atoms with Crippen LogP contribution in [0.1, 0.15) is 34.6 Å². The van der Waals surface area contributed by atoms with E-state index in [0.717, 1.165) is 37.1 Å². The van der Waals surface area contributed by atoms with Crippen LogP contribution in [0.4, 0.5) is 5.69 Å². The van der Waals surface area contributed by atoms with Crippen molar-refractivity contribution < 1.29 is 14.8 Å². The maximum Gasteiger partial charge on any atom is 0.335 e. The molecule has 0 fully saturated rings. The van der Waals surface area contributed by atoms with E-state index in [9.17, 15) is 14.9 Å². The predicted molar refractivity (Wildman–Crippen MR) is 73.8 cm³/mol. The summed E-state index contributed by atoms with van der Waals surface area (Å²) in [5.41, 5.74) is 2.04. The molecular weight excluding hydrogens is 274 g/mol. The standard InChI is InChI=1S/C14H13N3O4/c18-14(19)9-5-6-12(17(20)21)13(7-9)16-8-15-10-3-1-2-4-11(10)16/h5-8H,1-4H2,(H,18,19). The van der Waals surface area contributed by atoms with E-state index in [-0.39, 0.29) is 16.9 Å². The van der Waals surface area contributed by atoms with Gasteiger partial charge in [0.1, 0.15) is 5.69 Å². The lowest BCUT2D eigenvalue weighted by Crippen LogP contribution is -2.09. The molecule has 0 atom stereocenters. The van der Waals surface area contributed by atoms with Crippen LogP contribution in [0.3, 0.4) is 0 Å². The molecule has 7 nitrogen and oxygen atoms in total. The highest BCUT2D eigenvalue weighted by molar-refractivity contribution is 5.89. The maximum absolute atomic E-state index is 11.2. The van der Waals surface area contributed by atoms with Crippen LogP contribution in [0.5, 0.6) is 0 Å². The first-order valence-electron chi connectivity index (χ1n) is 6.65. The van der Waals surface area contributed by atoms with Crippen molar-refractivity contribution in [3.8, 4) is 5.69 Å². The summed E-state index contributed by atoms with van der Waals surface area (Å²) in [6.07, 6.45) is 5.26. The minimum absolute atomic E-state index is 0.0221. The third-order valence-electron chi connectivity index (χ3n) is 3.71. The first-order valence-corrected chi connectivity index (χ1v) is 6.65. The number of aryl methyl sites for hydroxylation is 1. The Hall–Kier alpha value is -2.70. The summed E-state index contributed by atoms with van der Waals surface area (Å²) in [6, 6.07) is 3.80. The summed E-state index contributed by atoms with van der Waals surface area (Å²) in [7, 11) is 0. The van der Waals surface area contributed by atoms with Crippen molar-refractivity contribution in [1.82, 2.24) is 9.55 Å². The van der Waals surface area contributed by atoms with Crippen LogP contribution in [-0.2, 0) is 12.8 Å². The van der Waals surface area contributed by atoms with Gasteiger partial charge in [-0.15, -0.1) is 0 Å². The first-order chi connectivity index (χ1) is 10.1. The zero-order valence-corrected chi connectivity index (χ0v) is 11.2. The van der Waals surface area contributed by atoms with Crippen LogP contribution in [0.2, 0.25) is 0 Å². The Morgan fingerprint density at radius 1 is 1.33 bits per heavy atom. The minimum atomic E-state index is -1.11. The van der Waals surface area contributed by atoms with Gasteiger partial charge in [-0.1, -0.05) is 0 Å². The van der Waals surface area contributed by atoms with Gasteiger partial charge in [-0.25, -0.2) is 9.78 Å². The summed E-state index contributed by atoms with van der Waals surface area (Å²) < 4.78 is 1.65. The SMILES string of the molecule is O=C(O)c1ccc([N+](=O)[O-])c(-n2cnc3c2CCCC3)c1. The predicted octanol–water partition coefficient (Wildman–Crippen LogP) is 2.36. The van der Waals surface area contributed by atoms with E-state index in [2.05, 4.69) is 4.98 Å². The summed E-state index contributed by atoms with van der Waals surface area (Å²) in [4.78, 5) is 26.1. The highest BCUT2D eigenvalue weighted by Crippen LogP contribution is 2.29. The van der Waals surface area contributed by atoms with Crippen LogP contribution in [0, 0.1) is 10.1 Å². The molecule has 0 spiro atoms. The van der Waals surface area contributed by atoms with Crippen molar-refractivity contribution in [2.24, 2.45) is 0 Å². The second-order valence-corrected chi connectivity index (χ2v) is 4.98. The molecule has 0 saturated heterocycles. The van der Waals surface area contributed by atoms with Gasteiger partial charge in [0, 0.05) is 11.8 Å². The Bertz CT molecular complexity index is 736. The van der Waals surface area contributed by atoms with Gasteiger partial charge in [0.2, 0.25) is 0 Å². The van der Waals surface area contributed by atoms with Crippen LogP contribution >= 0.6 is 0 Å². The number of imidazole rings is 1. The summed E-state index contributed by atoms with van der Waals surface area (Å²) >= 11 is 0. The number of aromatic nitrogens is 2. The molecule has 0 radical (unpaired) electrons. The fraction of sp³-hybridized carbons (Fsp3) is 0.286. The smallest absolute Gasteiger partial charge is 0.335 e. The van der Waals surface area contributed by atoms with E-state index in [1.54, 1.807) is 10.9 Å². The van der Waals surface area contributed by atoms with Gasteiger partial charge >= 0.3 is 5.97 Å². The largest absolute Gasteiger partial charge is 0.478 e.